The quantitative estimate of drug-likeness (QED) is 0.148. The number of anilines is 9. The first-order valence-electron chi connectivity index (χ1n) is 29.4. The Hall–Kier alpha value is -8.54. The third-order valence-corrected chi connectivity index (χ3v) is 17.4. The van der Waals surface area contributed by atoms with Gasteiger partial charge in [-0.1, -0.05) is 204 Å². The Balaban J connectivity index is 1.11. The molecule has 2 aliphatic rings. The van der Waals surface area contributed by atoms with Crippen LogP contribution >= 0.6 is 0 Å². The van der Waals surface area contributed by atoms with E-state index in [2.05, 4.69) is 328 Å². The highest BCUT2D eigenvalue weighted by atomic mass is 15.2. The lowest BCUT2D eigenvalue weighted by molar-refractivity contribution is 0.590. The Morgan fingerprint density at radius 3 is 1.40 bits per heavy atom. The van der Waals surface area contributed by atoms with Crippen LogP contribution in [0.5, 0.6) is 0 Å². The van der Waals surface area contributed by atoms with Crippen molar-refractivity contribution in [3.05, 3.63) is 246 Å². The van der Waals surface area contributed by atoms with Gasteiger partial charge in [-0.25, -0.2) is 0 Å². The molecule has 0 atom stereocenters. The monoisotopic (exact) mass is 1070 g/mol. The topological polar surface area (TPSA) is 14.7 Å². The van der Waals surface area contributed by atoms with Crippen molar-refractivity contribution in [3.8, 4) is 16.8 Å². The van der Waals surface area contributed by atoms with Crippen molar-refractivity contribution in [3.63, 3.8) is 0 Å². The summed E-state index contributed by atoms with van der Waals surface area (Å²) >= 11 is 0. The minimum absolute atomic E-state index is 0.00935. The van der Waals surface area contributed by atoms with Gasteiger partial charge in [0, 0.05) is 67.5 Å². The normalized spacial score (nSPS) is 13.4. The first-order chi connectivity index (χ1) is 39.1. The number of nitrogens with zero attached hydrogens (tertiary/aromatic N) is 4. The number of hydrogen-bond acceptors (Lipinski definition) is 3. The standard InChI is InChI=1S/C77H75BN4/c1-50-44-71-73-72(45-50)82(58-36-30-53(31-37-58)75(5,6)7)70-49-60(39-42-65(70)78(73)64-41-32-55(77(11,12)13)47-69(64)81(71)57-34-28-52(29-35-57)74(2,3)4)79(67-43-33-54(76(8,9)10)46-63(67)51-22-16-14-17-23-51)59-38-40-62-61-26-20-21-27-66(61)80(68(62)48-59)56-24-18-15-19-25-56/h14-49H,1-13H3. The largest absolute Gasteiger partial charge is 0.311 e. The van der Waals surface area contributed by atoms with Gasteiger partial charge in [0.1, 0.15) is 0 Å². The average Bonchev–Trinajstić information content (AvgIpc) is 2.58. The smallest absolute Gasteiger partial charge is 0.252 e. The van der Waals surface area contributed by atoms with E-state index in [0.717, 1.165) is 34.0 Å². The lowest BCUT2D eigenvalue weighted by atomic mass is 9.33. The van der Waals surface area contributed by atoms with E-state index >= 15 is 0 Å². The van der Waals surface area contributed by atoms with Gasteiger partial charge in [0.25, 0.3) is 6.71 Å². The first kappa shape index (κ1) is 52.8. The number of fused-ring (bicyclic) bond motifs is 7. The van der Waals surface area contributed by atoms with Gasteiger partial charge in [-0.15, -0.1) is 0 Å². The Bertz CT molecular complexity index is 4260. The number of aryl methyl sites for hydroxylation is 1. The number of aromatic nitrogens is 1. The van der Waals surface area contributed by atoms with Gasteiger partial charge >= 0.3 is 0 Å². The van der Waals surface area contributed by atoms with Crippen molar-refractivity contribution in [1.82, 2.24) is 4.57 Å². The van der Waals surface area contributed by atoms with E-state index in [4.69, 9.17) is 0 Å². The molecule has 406 valence electrons. The van der Waals surface area contributed by atoms with E-state index in [0.29, 0.717) is 0 Å². The molecule has 10 aromatic carbocycles. The van der Waals surface area contributed by atoms with Gasteiger partial charge in [0.05, 0.1) is 16.7 Å². The Kier molecular flexibility index (Phi) is 12.4. The second kappa shape index (κ2) is 19.3. The molecule has 13 rings (SSSR count). The van der Waals surface area contributed by atoms with Crippen LogP contribution in [0.4, 0.5) is 51.2 Å². The molecule has 0 radical (unpaired) electrons. The van der Waals surface area contributed by atoms with Gasteiger partial charge in [-0.2, -0.15) is 0 Å². The highest BCUT2D eigenvalue weighted by Crippen LogP contribution is 2.50. The van der Waals surface area contributed by atoms with Crippen LogP contribution < -0.4 is 31.1 Å². The minimum atomic E-state index is -0.0724. The number of para-hydroxylation sites is 2. The molecule has 0 N–H and O–H groups in total. The van der Waals surface area contributed by atoms with Crippen molar-refractivity contribution in [1.29, 1.82) is 0 Å². The van der Waals surface area contributed by atoms with Crippen LogP contribution in [0, 0.1) is 6.92 Å². The summed E-state index contributed by atoms with van der Waals surface area (Å²) in [6.45, 7) is 30.0. The first-order valence-corrected chi connectivity index (χ1v) is 29.4. The molecule has 11 aromatic rings. The van der Waals surface area contributed by atoms with Crippen LogP contribution in [-0.4, -0.2) is 11.3 Å². The Morgan fingerprint density at radius 2 is 0.817 bits per heavy atom. The van der Waals surface area contributed by atoms with Crippen LogP contribution in [0.3, 0.4) is 0 Å². The van der Waals surface area contributed by atoms with Crippen molar-refractivity contribution >= 4 is 96.1 Å². The zero-order chi connectivity index (χ0) is 57.2. The summed E-state index contributed by atoms with van der Waals surface area (Å²) in [7, 11) is 0. The van der Waals surface area contributed by atoms with Crippen LogP contribution in [0.2, 0.25) is 0 Å². The highest BCUT2D eigenvalue weighted by molar-refractivity contribution is 7.00. The molecule has 5 heteroatoms. The summed E-state index contributed by atoms with van der Waals surface area (Å²) in [6, 6.07) is 83.3. The van der Waals surface area contributed by atoms with E-state index in [1.165, 1.54) is 100 Å². The molecule has 0 saturated carbocycles. The van der Waals surface area contributed by atoms with E-state index in [1.54, 1.807) is 0 Å². The van der Waals surface area contributed by atoms with E-state index in [-0.39, 0.29) is 28.4 Å². The maximum Gasteiger partial charge on any atom is 0.252 e. The molecule has 0 aliphatic carbocycles. The van der Waals surface area contributed by atoms with E-state index < -0.39 is 0 Å². The molecule has 0 spiro atoms. The summed E-state index contributed by atoms with van der Waals surface area (Å²) in [4.78, 5) is 7.68. The Labute approximate surface area is 487 Å². The van der Waals surface area contributed by atoms with Crippen molar-refractivity contribution in [2.45, 2.75) is 112 Å². The maximum absolute atomic E-state index is 2.58. The molecular formula is C77H75BN4. The zero-order valence-electron chi connectivity index (χ0n) is 50.2. The highest BCUT2D eigenvalue weighted by Gasteiger charge is 2.44. The lowest BCUT2D eigenvalue weighted by Gasteiger charge is -2.45. The molecule has 2 aliphatic heterocycles. The predicted molar refractivity (Wildman–Crippen MR) is 354 cm³/mol. The summed E-state index contributed by atoms with van der Waals surface area (Å²) in [6.07, 6.45) is 0. The fourth-order valence-corrected chi connectivity index (χ4v) is 12.9. The van der Waals surface area contributed by atoms with Crippen molar-refractivity contribution < 1.29 is 0 Å². The van der Waals surface area contributed by atoms with E-state index in [9.17, 15) is 0 Å². The van der Waals surface area contributed by atoms with Crippen LogP contribution in [-0.2, 0) is 21.7 Å². The number of hydrogen-bond donors (Lipinski definition) is 0. The predicted octanol–water partition coefficient (Wildman–Crippen LogP) is 19.5. The third kappa shape index (κ3) is 9.01. The summed E-state index contributed by atoms with van der Waals surface area (Å²) < 4.78 is 2.44. The molecule has 1 aromatic heterocycles. The second-order valence-corrected chi connectivity index (χ2v) is 27.3. The SMILES string of the molecule is Cc1cc2c3c(c1)N(c1ccc(C(C)(C)C)cc1)c1cc(C(C)(C)C)ccc1B3c1ccc(N(c3ccc4c5ccccc5n(-c5ccccc5)c4c3)c3ccc(C(C)(C)C)cc3-c3ccccc3)cc1N2c1ccc(C(C)(C)C)cc1. The van der Waals surface area contributed by atoms with Crippen molar-refractivity contribution in [2.24, 2.45) is 0 Å². The fraction of sp³-hybridized carbons (Fsp3) is 0.221. The second-order valence-electron chi connectivity index (χ2n) is 27.3. The molecule has 0 unspecified atom stereocenters. The molecule has 0 bridgehead atoms. The maximum atomic E-state index is 2.58. The molecule has 82 heavy (non-hydrogen) atoms. The number of rotatable bonds is 7. The summed E-state index contributed by atoms with van der Waals surface area (Å²) in [5.74, 6) is 0. The average molecular weight is 1070 g/mol. The minimum Gasteiger partial charge on any atom is -0.311 e. The third-order valence-electron chi connectivity index (χ3n) is 17.4. The molecule has 4 nitrogen and oxygen atoms in total. The van der Waals surface area contributed by atoms with Gasteiger partial charge in [0.15, 0.2) is 0 Å². The summed E-state index contributed by atoms with van der Waals surface area (Å²) in [5.41, 5.74) is 26.5. The molecule has 0 saturated heterocycles. The van der Waals surface area contributed by atoms with Gasteiger partial charge < -0.3 is 19.3 Å². The fourth-order valence-electron chi connectivity index (χ4n) is 12.9. The van der Waals surface area contributed by atoms with Gasteiger partial charge in [-0.3, -0.25) is 0 Å². The molecule has 0 fully saturated rings. The van der Waals surface area contributed by atoms with Crippen LogP contribution in [0.15, 0.2) is 218 Å². The van der Waals surface area contributed by atoms with Crippen molar-refractivity contribution in [2.75, 3.05) is 14.7 Å². The van der Waals surface area contributed by atoms with Gasteiger partial charge in [-0.05, 0) is 175 Å². The molecular weight excluding hydrogens is 992 g/mol. The molecule has 3 heterocycles. The lowest BCUT2D eigenvalue weighted by Crippen LogP contribution is -2.61. The Morgan fingerprint density at radius 1 is 0.354 bits per heavy atom. The zero-order valence-corrected chi connectivity index (χ0v) is 50.2. The molecule has 0 amide bonds. The number of benzene rings is 10. The van der Waals surface area contributed by atoms with Crippen LogP contribution in [0.25, 0.3) is 38.6 Å². The van der Waals surface area contributed by atoms with E-state index in [1.807, 2.05) is 0 Å². The summed E-state index contributed by atoms with van der Waals surface area (Å²) in [5, 5.41) is 2.45. The van der Waals surface area contributed by atoms with Crippen LogP contribution in [0.1, 0.15) is 111 Å². The van der Waals surface area contributed by atoms with Gasteiger partial charge in [0.2, 0.25) is 0 Å².